The lowest BCUT2D eigenvalue weighted by Crippen LogP contribution is -2.34. The van der Waals surface area contributed by atoms with Crippen molar-refractivity contribution >= 4 is 5.69 Å². The lowest BCUT2D eigenvalue weighted by Gasteiger charge is -2.26. The van der Waals surface area contributed by atoms with E-state index in [4.69, 9.17) is 16.3 Å². The van der Waals surface area contributed by atoms with Crippen LogP contribution in [0.2, 0.25) is 0 Å². The lowest BCUT2D eigenvalue weighted by atomic mass is 9.93. The Labute approximate surface area is 118 Å². The molecule has 104 valence electrons. The zero-order chi connectivity index (χ0) is 14.5. The molecule has 0 unspecified atom stereocenters. The van der Waals surface area contributed by atoms with Crippen LogP contribution >= 0.6 is 0 Å². The SMILES string of the molecule is N#Cc1cc(C#N)c(N)c(CNC2CCC(O)CC2)c1. The molecular weight excluding hydrogens is 252 g/mol. The number of nitrogens with two attached hydrogens (primary N) is 1. The summed E-state index contributed by atoms with van der Waals surface area (Å²) in [5, 5.41) is 30.9. The monoisotopic (exact) mass is 270 g/mol. The summed E-state index contributed by atoms with van der Waals surface area (Å²) in [6, 6.07) is 7.65. The van der Waals surface area contributed by atoms with Gasteiger partial charge in [-0.3, -0.25) is 0 Å². The van der Waals surface area contributed by atoms with Crippen molar-refractivity contribution in [1.29, 1.82) is 10.5 Å². The van der Waals surface area contributed by atoms with E-state index in [0.29, 0.717) is 29.4 Å². The van der Waals surface area contributed by atoms with Crippen LogP contribution in [-0.2, 0) is 6.54 Å². The number of anilines is 1. The molecular formula is C15H18N4O. The topological polar surface area (TPSA) is 106 Å². The summed E-state index contributed by atoms with van der Waals surface area (Å²) >= 11 is 0. The summed E-state index contributed by atoms with van der Waals surface area (Å²) < 4.78 is 0. The fraction of sp³-hybridized carbons (Fsp3) is 0.467. The third-order valence-electron chi connectivity index (χ3n) is 3.79. The minimum Gasteiger partial charge on any atom is -0.397 e. The second-order valence-electron chi connectivity index (χ2n) is 5.21. The fourth-order valence-electron chi connectivity index (χ4n) is 2.55. The molecule has 1 aliphatic rings. The molecule has 1 aliphatic carbocycles. The number of hydrogen-bond donors (Lipinski definition) is 3. The molecule has 1 aromatic carbocycles. The Morgan fingerprint density at radius 1 is 1.20 bits per heavy atom. The summed E-state index contributed by atoms with van der Waals surface area (Å²) in [5.74, 6) is 0. The van der Waals surface area contributed by atoms with Gasteiger partial charge in [0.25, 0.3) is 0 Å². The van der Waals surface area contributed by atoms with Crippen molar-refractivity contribution in [3.05, 3.63) is 28.8 Å². The molecule has 0 atom stereocenters. The van der Waals surface area contributed by atoms with Crippen LogP contribution in [0.1, 0.15) is 42.4 Å². The normalized spacial score (nSPS) is 21.9. The van der Waals surface area contributed by atoms with Crippen LogP contribution in [0, 0.1) is 22.7 Å². The minimum atomic E-state index is -0.176. The molecule has 0 heterocycles. The highest BCUT2D eigenvalue weighted by atomic mass is 16.3. The zero-order valence-electron chi connectivity index (χ0n) is 11.3. The van der Waals surface area contributed by atoms with E-state index in [0.717, 1.165) is 31.2 Å². The second-order valence-corrected chi connectivity index (χ2v) is 5.21. The van der Waals surface area contributed by atoms with E-state index in [1.165, 1.54) is 6.07 Å². The molecule has 1 fully saturated rings. The van der Waals surface area contributed by atoms with Crippen molar-refractivity contribution < 1.29 is 5.11 Å². The number of nitrogen functional groups attached to an aromatic ring is 1. The third kappa shape index (κ3) is 3.27. The zero-order valence-corrected chi connectivity index (χ0v) is 11.3. The first-order valence-corrected chi connectivity index (χ1v) is 6.78. The number of aliphatic hydroxyl groups excluding tert-OH is 1. The van der Waals surface area contributed by atoms with Gasteiger partial charge < -0.3 is 16.2 Å². The number of nitrogens with one attached hydrogen (secondary N) is 1. The summed E-state index contributed by atoms with van der Waals surface area (Å²) in [4.78, 5) is 0. The number of rotatable bonds is 3. The van der Waals surface area contributed by atoms with E-state index in [1.807, 2.05) is 12.1 Å². The van der Waals surface area contributed by atoms with Gasteiger partial charge in [-0.1, -0.05) is 0 Å². The number of nitriles is 2. The Morgan fingerprint density at radius 3 is 2.50 bits per heavy atom. The summed E-state index contributed by atoms with van der Waals surface area (Å²) in [5.41, 5.74) is 7.96. The van der Waals surface area contributed by atoms with E-state index in [1.54, 1.807) is 6.07 Å². The predicted molar refractivity (Wildman–Crippen MR) is 75.4 cm³/mol. The van der Waals surface area contributed by atoms with Crippen molar-refractivity contribution in [2.24, 2.45) is 0 Å². The highest BCUT2D eigenvalue weighted by Crippen LogP contribution is 2.22. The van der Waals surface area contributed by atoms with Crippen LogP contribution < -0.4 is 11.1 Å². The quantitative estimate of drug-likeness (QED) is 0.720. The number of benzene rings is 1. The number of aliphatic hydroxyl groups is 1. The molecule has 0 aromatic heterocycles. The first-order valence-electron chi connectivity index (χ1n) is 6.78. The van der Waals surface area contributed by atoms with Crippen molar-refractivity contribution in [2.45, 2.75) is 44.4 Å². The van der Waals surface area contributed by atoms with Crippen molar-refractivity contribution in [2.75, 3.05) is 5.73 Å². The smallest absolute Gasteiger partial charge is 0.101 e. The molecule has 5 nitrogen and oxygen atoms in total. The number of nitrogens with zero attached hydrogens (tertiary/aromatic N) is 2. The predicted octanol–water partition coefficient (Wildman–Crippen LogP) is 1.41. The molecule has 4 N–H and O–H groups in total. The van der Waals surface area contributed by atoms with Gasteiger partial charge in [0.2, 0.25) is 0 Å². The number of hydrogen-bond acceptors (Lipinski definition) is 5. The first-order chi connectivity index (χ1) is 9.63. The Kier molecular flexibility index (Phi) is 4.57. The standard InChI is InChI=1S/C15H18N4O/c16-7-10-5-11(8-17)15(18)12(6-10)9-19-13-1-3-14(20)4-2-13/h5-6,13-14,19-20H,1-4,9,18H2. The highest BCUT2D eigenvalue weighted by molar-refractivity contribution is 5.62. The first kappa shape index (κ1) is 14.3. The van der Waals surface area contributed by atoms with Gasteiger partial charge in [0.15, 0.2) is 0 Å². The molecule has 0 radical (unpaired) electrons. The van der Waals surface area contributed by atoms with Crippen LogP contribution in [0.25, 0.3) is 0 Å². The Balaban J connectivity index is 2.06. The Hall–Kier alpha value is -2.08. The van der Waals surface area contributed by atoms with Crippen molar-refractivity contribution in [3.8, 4) is 12.1 Å². The van der Waals surface area contributed by atoms with Gasteiger partial charge in [0.05, 0.1) is 29.0 Å². The van der Waals surface area contributed by atoms with E-state index in [2.05, 4.69) is 5.32 Å². The van der Waals surface area contributed by atoms with Crippen molar-refractivity contribution in [3.63, 3.8) is 0 Å². The van der Waals surface area contributed by atoms with Gasteiger partial charge in [-0.05, 0) is 43.4 Å². The Morgan fingerprint density at radius 2 is 1.90 bits per heavy atom. The molecule has 20 heavy (non-hydrogen) atoms. The second kappa shape index (κ2) is 6.38. The van der Waals surface area contributed by atoms with Gasteiger partial charge in [-0.2, -0.15) is 10.5 Å². The maximum Gasteiger partial charge on any atom is 0.101 e. The fourth-order valence-corrected chi connectivity index (χ4v) is 2.55. The van der Waals surface area contributed by atoms with Crippen LogP contribution in [0.3, 0.4) is 0 Å². The minimum absolute atomic E-state index is 0.176. The molecule has 2 rings (SSSR count). The molecule has 5 heteroatoms. The summed E-state index contributed by atoms with van der Waals surface area (Å²) in [7, 11) is 0. The summed E-state index contributed by atoms with van der Waals surface area (Å²) in [6.07, 6.45) is 3.32. The van der Waals surface area contributed by atoms with Crippen LogP contribution in [0.4, 0.5) is 5.69 Å². The molecule has 0 bridgehead atoms. The Bertz CT molecular complexity index is 562. The van der Waals surface area contributed by atoms with E-state index >= 15 is 0 Å². The summed E-state index contributed by atoms with van der Waals surface area (Å²) in [6.45, 7) is 0.538. The van der Waals surface area contributed by atoms with E-state index in [9.17, 15) is 5.11 Å². The van der Waals surface area contributed by atoms with Crippen LogP contribution in [0.5, 0.6) is 0 Å². The van der Waals surface area contributed by atoms with E-state index < -0.39 is 0 Å². The van der Waals surface area contributed by atoms with Crippen LogP contribution in [0.15, 0.2) is 12.1 Å². The molecule has 0 aliphatic heterocycles. The molecule has 0 saturated heterocycles. The molecule has 0 spiro atoms. The van der Waals surface area contributed by atoms with Gasteiger partial charge in [0.1, 0.15) is 6.07 Å². The largest absolute Gasteiger partial charge is 0.397 e. The average molecular weight is 270 g/mol. The maximum atomic E-state index is 9.47. The lowest BCUT2D eigenvalue weighted by molar-refractivity contribution is 0.116. The highest BCUT2D eigenvalue weighted by Gasteiger charge is 2.19. The van der Waals surface area contributed by atoms with Crippen LogP contribution in [-0.4, -0.2) is 17.3 Å². The molecule has 0 amide bonds. The van der Waals surface area contributed by atoms with Gasteiger partial charge in [-0.25, -0.2) is 0 Å². The van der Waals surface area contributed by atoms with Gasteiger partial charge in [-0.15, -0.1) is 0 Å². The average Bonchev–Trinajstić information content (AvgIpc) is 2.48. The van der Waals surface area contributed by atoms with Gasteiger partial charge in [0, 0.05) is 12.6 Å². The van der Waals surface area contributed by atoms with Crippen molar-refractivity contribution in [1.82, 2.24) is 5.32 Å². The van der Waals surface area contributed by atoms with E-state index in [-0.39, 0.29) is 6.10 Å². The molecule has 1 aromatic rings. The van der Waals surface area contributed by atoms with Gasteiger partial charge >= 0.3 is 0 Å². The molecule has 1 saturated carbocycles. The maximum absolute atomic E-state index is 9.47. The third-order valence-corrected chi connectivity index (χ3v) is 3.79.